The van der Waals surface area contributed by atoms with Gasteiger partial charge in [-0.3, -0.25) is 28.9 Å². The predicted molar refractivity (Wildman–Crippen MR) is 167 cm³/mol. The van der Waals surface area contributed by atoms with Gasteiger partial charge < -0.3 is 35.8 Å². The molecule has 1 aliphatic heterocycles. The third-order valence-electron chi connectivity index (χ3n) is 8.48. The summed E-state index contributed by atoms with van der Waals surface area (Å²) in [6.45, 7) is 4.88. The second kappa shape index (κ2) is 16.5. The number of Topliss-reactive ketones (excluding diaryl/α,β-unsaturated/α-hetero) is 3. The Morgan fingerprint density at radius 3 is 2.38 bits per heavy atom. The Morgan fingerprint density at radius 2 is 1.79 bits per heavy atom. The Kier molecular flexibility index (Phi) is 13.0. The zero-order valence-corrected chi connectivity index (χ0v) is 27.2. The van der Waals surface area contributed by atoms with Crippen LogP contribution in [0.25, 0.3) is 0 Å². The van der Waals surface area contributed by atoms with Crippen molar-refractivity contribution in [1.82, 2.24) is 20.4 Å². The number of nitrogens with one attached hydrogen (secondary N) is 2. The second-order valence-electron chi connectivity index (χ2n) is 12.0. The quantitative estimate of drug-likeness (QED) is 0.155. The minimum absolute atomic E-state index is 0.100. The van der Waals surface area contributed by atoms with Crippen LogP contribution in [0.5, 0.6) is 0 Å². The van der Waals surface area contributed by atoms with Crippen LogP contribution in [0.1, 0.15) is 64.9 Å². The number of benzene rings is 1. The Hall–Kier alpha value is -4.37. The van der Waals surface area contributed by atoms with Crippen molar-refractivity contribution in [3.8, 4) is 0 Å². The molecule has 0 spiro atoms. The van der Waals surface area contributed by atoms with E-state index in [0.29, 0.717) is 30.7 Å². The number of carboxylic acid groups (broad SMARTS) is 1. The van der Waals surface area contributed by atoms with E-state index in [-0.39, 0.29) is 26.0 Å². The number of nitrogens with zero attached hydrogens (tertiary/aromatic N) is 2. The van der Waals surface area contributed by atoms with Gasteiger partial charge in [-0.1, -0.05) is 30.3 Å². The Balaban J connectivity index is 1.56. The number of likely N-dealkylation sites (tertiary alicyclic amines) is 1. The molecule has 15 heteroatoms. The van der Waals surface area contributed by atoms with Crippen LogP contribution in [0.4, 0.5) is 9.59 Å². The van der Waals surface area contributed by atoms with Crippen LogP contribution in [0.15, 0.2) is 30.3 Å². The van der Waals surface area contributed by atoms with Gasteiger partial charge in [-0.05, 0) is 58.4 Å². The lowest BCUT2D eigenvalue weighted by Gasteiger charge is -2.41. The largest absolute Gasteiger partial charge is 0.465 e. The molecule has 258 valence electrons. The van der Waals surface area contributed by atoms with Crippen molar-refractivity contribution in [1.29, 1.82) is 0 Å². The first kappa shape index (κ1) is 37.1. The number of carbonyl (C=O) groups is 7. The molecule has 0 aromatic heterocycles. The van der Waals surface area contributed by atoms with Crippen LogP contribution in [0, 0.1) is 0 Å². The number of rotatable bonds is 15. The summed E-state index contributed by atoms with van der Waals surface area (Å²) in [4.78, 5) is 93.3. The van der Waals surface area contributed by atoms with Crippen LogP contribution in [-0.2, 0) is 40.1 Å². The fraction of sp³-hybridized carbons (Fsp3) is 0.594. The van der Waals surface area contributed by atoms with Crippen LogP contribution in [-0.4, -0.2) is 112 Å². The number of nitrogens with two attached hydrogens (primary N) is 1. The van der Waals surface area contributed by atoms with E-state index in [9.17, 15) is 38.7 Å². The van der Waals surface area contributed by atoms with Crippen LogP contribution < -0.4 is 16.4 Å². The van der Waals surface area contributed by atoms with Gasteiger partial charge in [-0.15, -0.1) is 0 Å². The summed E-state index contributed by atoms with van der Waals surface area (Å²) in [6.07, 6.45) is -2.21. The van der Waals surface area contributed by atoms with Crippen molar-refractivity contribution in [3.05, 3.63) is 35.9 Å². The molecule has 1 saturated carbocycles. The van der Waals surface area contributed by atoms with Gasteiger partial charge in [0.15, 0.2) is 11.6 Å². The van der Waals surface area contributed by atoms with Gasteiger partial charge >= 0.3 is 12.2 Å². The molecule has 5 atom stereocenters. The normalized spacial score (nSPS) is 22.1. The number of alkyl carbamates (subject to hydrolysis) is 1. The maximum atomic E-state index is 14.1. The average molecular weight is 660 g/mol. The highest BCUT2D eigenvalue weighted by Crippen LogP contribution is 2.37. The fourth-order valence-electron chi connectivity index (χ4n) is 6.11. The Morgan fingerprint density at radius 1 is 1.11 bits per heavy atom. The molecule has 1 aliphatic carbocycles. The molecule has 15 nitrogen and oxygen atoms in total. The van der Waals surface area contributed by atoms with Crippen molar-refractivity contribution in [2.45, 2.75) is 102 Å². The van der Waals surface area contributed by atoms with E-state index in [1.54, 1.807) is 0 Å². The van der Waals surface area contributed by atoms with E-state index < -0.39 is 83.6 Å². The molecule has 1 heterocycles. The standard InChI is InChI=1S/C32H45N5O10/c1-19(2)37(31(44)45)32(25(38)17-24(46-4)27(32)40)26(39)23-14-10-16-36(23)29(42)20(3)35-28(41)22(33)13-8-9-15-34-30(43)47-18-21-11-6-5-7-12-21/h5-7,11-12,19-20,22-24H,8-10,13-18,33H2,1-4H3,(H,34,43)(H,35,41)(H,44,45)/t20-,22-,23-,24?,32?/m0/s1. The van der Waals surface area contributed by atoms with Crippen molar-refractivity contribution in [2.75, 3.05) is 20.2 Å². The topological polar surface area (TPSA) is 215 Å². The molecule has 0 radical (unpaired) electrons. The lowest BCUT2D eigenvalue weighted by molar-refractivity contribution is -0.154. The van der Waals surface area contributed by atoms with E-state index in [2.05, 4.69) is 10.6 Å². The van der Waals surface area contributed by atoms with Gasteiger partial charge in [-0.2, -0.15) is 0 Å². The lowest BCUT2D eigenvalue weighted by atomic mass is 9.82. The van der Waals surface area contributed by atoms with Crippen LogP contribution in [0.3, 0.4) is 0 Å². The third kappa shape index (κ3) is 8.32. The second-order valence-corrected chi connectivity index (χ2v) is 12.0. The molecule has 2 fully saturated rings. The predicted octanol–water partition coefficient (Wildman–Crippen LogP) is 1.16. The summed E-state index contributed by atoms with van der Waals surface area (Å²) in [5.74, 6) is -4.11. The van der Waals surface area contributed by atoms with Gasteiger partial charge in [0.05, 0.1) is 12.1 Å². The van der Waals surface area contributed by atoms with Gasteiger partial charge in [0.1, 0.15) is 18.8 Å². The molecular weight excluding hydrogens is 614 g/mol. The number of ketones is 3. The molecule has 3 rings (SSSR count). The fourth-order valence-corrected chi connectivity index (χ4v) is 6.11. The molecular formula is C32H45N5O10. The Labute approximate surface area is 273 Å². The summed E-state index contributed by atoms with van der Waals surface area (Å²) < 4.78 is 10.3. The summed E-state index contributed by atoms with van der Waals surface area (Å²) in [5, 5.41) is 15.2. The number of carbonyl (C=O) groups excluding carboxylic acids is 6. The SMILES string of the molecule is COC1CC(=O)C(C(=O)[C@@H]2CCCN2C(=O)[C@H](C)NC(=O)[C@@H](N)CCCCNC(=O)OCc2ccccc2)(N(C(=O)O)C(C)C)C1=O. The summed E-state index contributed by atoms with van der Waals surface area (Å²) in [6, 6.07) is 4.97. The number of hydrogen-bond donors (Lipinski definition) is 4. The number of unbranched alkanes of at least 4 members (excludes halogenated alkanes) is 1. The maximum Gasteiger partial charge on any atom is 0.409 e. The number of methoxy groups -OCH3 is 1. The molecule has 4 amide bonds. The van der Waals surface area contributed by atoms with E-state index in [1.807, 2.05) is 30.3 Å². The zero-order valence-electron chi connectivity index (χ0n) is 27.2. The lowest BCUT2D eigenvalue weighted by Crippen LogP contribution is -2.70. The van der Waals surface area contributed by atoms with Gasteiger partial charge in [0.2, 0.25) is 23.1 Å². The smallest absolute Gasteiger partial charge is 0.409 e. The van der Waals surface area contributed by atoms with Crippen molar-refractivity contribution in [3.63, 3.8) is 0 Å². The molecule has 2 unspecified atom stereocenters. The number of amides is 4. The van der Waals surface area contributed by atoms with E-state index in [1.165, 1.54) is 32.8 Å². The van der Waals surface area contributed by atoms with Crippen molar-refractivity contribution < 1.29 is 48.1 Å². The van der Waals surface area contributed by atoms with Crippen LogP contribution >= 0.6 is 0 Å². The molecule has 1 aromatic carbocycles. The highest BCUT2D eigenvalue weighted by molar-refractivity contribution is 6.36. The number of hydrogen-bond acceptors (Lipinski definition) is 10. The highest BCUT2D eigenvalue weighted by atomic mass is 16.5. The van der Waals surface area contributed by atoms with Gasteiger partial charge in [0.25, 0.3) is 0 Å². The summed E-state index contributed by atoms with van der Waals surface area (Å²) >= 11 is 0. The highest BCUT2D eigenvalue weighted by Gasteiger charge is 2.67. The van der Waals surface area contributed by atoms with Crippen LogP contribution in [0.2, 0.25) is 0 Å². The maximum absolute atomic E-state index is 14.1. The minimum Gasteiger partial charge on any atom is -0.465 e. The molecule has 2 aliphatic rings. The van der Waals surface area contributed by atoms with Gasteiger partial charge in [0, 0.05) is 32.7 Å². The first-order chi connectivity index (χ1) is 22.3. The van der Waals surface area contributed by atoms with Crippen molar-refractivity contribution >= 4 is 41.4 Å². The van der Waals surface area contributed by atoms with E-state index >= 15 is 0 Å². The van der Waals surface area contributed by atoms with Crippen molar-refractivity contribution in [2.24, 2.45) is 5.73 Å². The summed E-state index contributed by atoms with van der Waals surface area (Å²) in [5.41, 5.74) is 4.25. The first-order valence-electron chi connectivity index (χ1n) is 15.7. The average Bonchev–Trinajstić information content (AvgIpc) is 3.62. The molecule has 1 aromatic rings. The molecule has 5 N–H and O–H groups in total. The zero-order chi connectivity index (χ0) is 34.9. The number of ether oxygens (including phenoxy) is 2. The Bertz CT molecular complexity index is 1340. The van der Waals surface area contributed by atoms with E-state index in [0.717, 1.165) is 5.56 Å². The molecule has 0 bridgehead atoms. The van der Waals surface area contributed by atoms with Gasteiger partial charge in [-0.25, -0.2) is 9.59 Å². The summed E-state index contributed by atoms with van der Waals surface area (Å²) in [7, 11) is 1.19. The minimum atomic E-state index is -2.66. The molecule has 47 heavy (non-hydrogen) atoms. The first-order valence-corrected chi connectivity index (χ1v) is 15.7. The third-order valence-corrected chi connectivity index (χ3v) is 8.48. The molecule has 1 saturated heterocycles. The van der Waals surface area contributed by atoms with E-state index in [4.69, 9.17) is 15.2 Å². The monoisotopic (exact) mass is 659 g/mol.